The molecule has 1 unspecified atom stereocenters. The van der Waals surface area contributed by atoms with Crippen LogP contribution in [0.1, 0.15) is 51.0 Å². The van der Waals surface area contributed by atoms with Gasteiger partial charge >= 0.3 is 0 Å². The van der Waals surface area contributed by atoms with E-state index >= 15 is 0 Å². The Morgan fingerprint density at radius 3 is 2.87 bits per heavy atom. The summed E-state index contributed by atoms with van der Waals surface area (Å²) < 4.78 is 11.3. The number of hydrogen-bond donors (Lipinski definition) is 3. The lowest BCUT2D eigenvalue weighted by atomic mass is 9.85. The first-order chi connectivity index (χ1) is 14.7. The smallest absolute Gasteiger partial charge is 0.227 e. The van der Waals surface area contributed by atoms with Gasteiger partial charge in [0, 0.05) is 37.9 Å². The van der Waals surface area contributed by atoms with Gasteiger partial charge in [-0.3, -0.25) is 4.79 Å². The molecule has 1 saturated carbocycles. The second-order valence-electron chi connectivity index (χ2n) is 8.00. The van der Waals surface area contributed by atoms with E-state index in [4.69, 9.17) is 9.47 Å². The van der Waals surface area contributed by atoms with Crippen LogP contribution in [0.25, 0.3) is 0 Å². The number of nitrogens with zero attached hydrogens (tertiary/aromatic N) is 1. The predicted molar refractivity (Wildman–Crippen MR) is 120 cm³/mol. The van der Waals surface area contributed by atoms with Crippen LogP contribution in [0.3, 0.4) is 0 Å². The Morgan fingerprint density at radius 1 is 1.23 bits per heavy atom. The molecule has 1 atom stereocenters. The highest BCUT2D eigenvalue weighted by Gasteiger charge is 2.25. The quantitative estimate of drug-likeness (QED) is 0.293. The zero-order valence-electron chi connectivity index (χ0n) is 18.1. The molecule has 2 fully saturated rings. The Hall–Kier alpha value is -2.12. The molecule has 1 saturated heterocycles. The van der Waals surface area contributed by atoms with Gasteiger partial charge in [0.1, 0.15) is 0 Å². The number of guanidine groups is 1. The number of carbonyl (C=O) groups is 1. The monoisotopic (exact) mass is 416 g/mol. The number of nitrogens with one attached hydrogen (secondary N) is 3. The molecule has 1 aliphatic heterocycles. The van der Waals surface area contributed by atoms with Crippen molar-refractivity contribution in [2.24, 2.45) is 10.9 Å². The van der Waals surface area contributed by atoms with Crippen LogP contribution in [0.15, 0.2) is 29.3 Å². The molecule has 2 aliphatic rings. The number of amides is 1. The second-order valence-corrected chi connectivity index (χ2v) is 8.00. The summed E-state index contributed by atoms with van der Waals surface area (Å²) >= 11 is 0. The Balaban J connectivity index is 1.38. The van der Waals surface area contributed by atoms with Gasteiger partial charge in [0.2, 0.25) is 5.91 Å². The van der Waals surface area contributed by atoms with Gasteiger partial charge < -0.3 is 25.4 Å². The molecule has 1 aromatic rings. The van der Waals surface area contributed by atoms with Gasteiger partial charge in [-0.15, -0.1) is 0 Å². The zero-order valence-corrected chi connectivity index (χ0v) is 18.1. The van der Waals surface area contributed by atoms with Crippen LogP contribution >= 0.6 is 0 Å². The first-order valence-electron chi connectivity index (χ1n) is 11.4. The summed E-state index contributed by atoms with van der Waals surface area (Å²) in [6, 6.07) is 7.93. The van der Waals surface area contributed by atoms with E-state index in [1.807, 2.05) is 24.3 Å². The Bertz CT molecular complexity index is 685. The van der Waals surface area contributed by atoms with Gasteiger partial charge in [0.05, 0.1) is 19.3 Å². The number of hydrogen-bond acceptors (Lipinski definition) is 4. The van der Waals surface area contributed by atoms with Crippen molar-refractivity contribution in [2.45, 2.75) is 58.1 Å². The number of benzene rings is 1. The second kappa shape index (κ2) is 12.5. The summed E-state index contributed by atoms with van der Waals surface area (Å²) in [5.74, 6) is 1.12. The molecule has 0 radical (unpaired) electrons. The van der Waals surface area contributed by atoms with Crippen LogP contribution < -0.4 is 16.0 Å². The van der Waals surface area contributed by atoms with E-state index in [1.165, 1.54) is 0 Å². The first-order valence-corrected chi connectivity index (χ1v) is 11.4. The maximum Gasteiger partial charge on any atom is 0.227 e. The fourth-order valence-electron chi connectivity index (χ4n) is 3.55. The van der Waals surface area contributed by atoms with Gasteiger partial charge in [0.25, 0.3) is 0 Å². The number of rotatable bonds is 11. The third kappa shape index (κ3) is 7.61. The third-order valence-electron chi connectivity index (χ3n) is 5.52. The van der Waals surface area contributed by atoms with Gasteiger partial charge in [-0.1, -0.05) is 18.6 Å². The average Bonchev–Trinajstić information content (AvgIpc) is 3.21. The lowest BCUT2D eigenvalue weighted by molar-refractivity contribution is -0.122. The lowest BCUT2D eigenvalue weighted by Gasteiger charge is -2.24. The minimum absolute atomic E-state index is 0.138. The van der Waals surface area contributed by atoms with Crippen LogP contribution in [0.4, 0.5) is 5.69 Å². The number of carbonyl (C=O) groups excluding carboxylic acids is 1. The Kier molecular flexibility index (Phi) is 9.44. The Morgan fingerprint density at radius 2 is 2.13 bits per heavy atom. The molecule has 0 spiro atoms. The molecule has 0 aromatic heterocycles. The van der Waals surface area contributed by atoms with Crippen molar-refractivity contribution in [2.75, 3.05) is 38.2 Å². The summed E-state index contributed by atoms with van der Waals surface area (Å²) in [6.07, 6.45) is 6.63. The molecule has 7 nitrogen and oxygen atoms in total. The standard InChI is InChI=1S/C23H36N4O3/c1-2-24-23(25-12-6-13-29-17-21-11-5-14-30-21)26-16-18-7-3-10-20(15-18)27-22(28)19-8-4-9-19/h3,7,10,15,19,21H,2,4-6,8-9,11-14,16-17H2,1H3,(H,27,28)(H2,24,25,26). The van der Waals surface area contributed by atoms with Crippen molar-refractivity contribution in [3.05, 3.63) is 29.8 Å². The third-order valence-corrected chi connectivity index (χ3v) is 5.52. The van der Waals surface area contributed by atoms with E-state index in [0.717, 1.165) is 82.0 Å². The largest absolute Gasteiger partial charge is 0.379 e. The maximum absolute atomic E-state index is 12.1. The SMILES string of the molecule is CCNC(=NCc1cccc(NC(=O)C2CCC2)c1)NCCCOCC1CCCO1. The van der Waals surface area contributed by atoms with Crippen molar-refractivity contribution in [1.29, 1.82) is 0 Å². The maximum atomic E-state index is 12.1. The van der Waals surface area contributed by atoms with Crippen LogP contribution in [-0.4, -0.2) is 50.9 Å². The molecule has 3 rings (SSSR count). The fraction of sp³-hybridized carbons (Fsp3) is 0.652. The van der Waals surface area contributed by atoms with E-state index in [9.17, 15) is 4.79 Å². The number of aliphatic imine (C=N–C) groups is 1. The highest BCUT2D eigenvalue weighted by atomic mass is 16.5. The Labute approximate surface area is 180 Å². The molecular formula is C23H36N4O3. The molecule has 3 N–H and O–H groups in total. The van der Waals surface area contributed by atoms with Crippen molar-refractivity contribution < 1.29 is 14.3 Å². The molecular weight excluding hydrogens is 380 g/mol. The minimum Gasteiger partial charge on any atom is -0.379 e. The van der Waals surface area contributed by atoms with Crippen LogP contribution in [0.2, 0.25) is 0 Å². The van der Waals surface area contributed by atoms with Gasteiger partial charge in [-0.25, -0.2) is 4.99 Å². The molecule has 1 amide bonds. The highest BCUT2D eigenvalue weighted by Crippen LogP contribution is 2.27. The zero-order chi connectivity index (χ0) is 21.0. The minimum atomic E-state index is 0.138. The van der Waals surface area contributed by atoms with E-state index < -0.39 is 0 Å². The molecule has 7 heteroatoms. The topological polar surface area (TPSA) is 84.0 Å². The predicted octanol–water partition coefficient (Wildman–Crippen LogP) is 3.07. The lowest BCUT2D eigenvalue weighted by Crippen LogP contribution is -2.38. The molecule has 0 bridgehead atoms. The van der Waals surface area contributed by atoms with Crippen molar-refractivity contribution in [3.8, 4) is 0 Å². The highest BCUT2D eigenvalue weighted by molar-refractivity contribution is 5.93. The van der Waals surface area contributed by atoms with Crippen LogP contribution in [-0.2, 0) is 20.8 Å². The molecule has 1 aliphatic carbocycles. The average molecular weight is 417 g/mol. The molecule has 30 heavy (non-hydrogen) atoms. The van der Waals surface area contributed by atoms with Gasteiger partial charge in [0.15, 0.2) is 5.96 Å². The summed E-state index contributed by atoms with van der Waals surface area (Å²) in [4.78, 5) is 16.8. The summed E-state index contributed by atoms with van der Waals surface area (Å²) in [7, 11) is 0. The normalized spacial score (nSPS) is 19.4. The van der Waals surface area contributed by atoms with Crippen LogP contribution in [0, 0.1) is 5.92 Å². The molecule has 166 valence electrons. The number of ether oxygens (including phenoxy) is 2. The fourth-order valence-corrected chi connectivity index (χ4v) is 3.55. The van der Waals surface area contributed by atoms with Crippen molar-refractivity contribution >= 4 is 17.6 Å². The first kappa shape index (κ1) is 22.6. The summed E-state index contributed by atoms with van der Waals surface area (Å²) in [6.45, 7) is 6.49. The van der Waals surface area contributed by atoms with E-state index in [-0.39, 0.29) is 17.9 Å². The van der Waals surface area contributed by atoms with E-state index in [0.29, 0.717) is 13.2 Å². The van der Waals surface area contributed by atoms with Gasteiger partial charge in [-0.05, 0) is 56.7 Å². The van der Waals surface area contributed by atoms with Crippen molar-refractivity contribution in [3.63, 3.8) is 0 Å². The molecule has 1 aromatic carbocycles. The van der Waals surface area contributed by atoms with Gasteiger partial charge in [-0.2, -0.15) is 0 Å². The number of anilines is 1. The van der Waals surface area contributed by atoms with Crippen molar-refractivity contribution in [1.82, 2.24) is 10.6 Å². The van der Waals surface area contributed by atoms with E-state index in [1.54, 1.807) is 0 Å². The van der Waals surface area contributed by atoms with E-state index in [2.05, 4.69) is 27.9 Å². The summed E-state index contributed by atoms with van der Waals surface area (Å²) in [5.41, 5.74) is 1.92. The summed E-state index contributed by atoms with van der Waals surface area (Å²) in [5, 5.41) is 9.66. The van der Waals surface area contributed by atoms with Crippen LogP contribution in [0.5, 0.6) is 0 Å². The molecule has 1 heterocycles.